The van der Waals surface area contributed by atoms with Crippen LogP contribution < -0.4 is 39.0 Å². The number of methoxy groups -OCH3 is 4. The van der Waals surface area contributed by atoms with Crippen LogP contribution in [0.15, 0.2) is 72.8 Å². The highest BCUT2D eigenvalue weighted by molar-refractivity contribution is 7.72. The Bertz CT molecular complexity index is 1580. The molecule has 46 heavy (non-hydrogen) atoms. The van der Waals surface area contributed by atoms with Crippen LogP contribution in [0, 0.1) is 0 Å². The Kier molecular flexibility index (Phi) is 8.68. The molecule has 6 rings (SSSR count). The summed E-state index contributed by atoms with van der Waals surface area (Å²) in [5.74, 6) is 4.58. The summed E-state index contributed by atoms with van der Waals surface area (Å²) < 4.78 is 37.8. The molecule has 2 heterocycles. The van der Waals surface area contributed by atoms with Crippen molar-refractivity contribution >= 4 is 26.5 Å². The third-order valence-corrected chi connectivity index (χ3v) is 15.4. The molecule has 0 radical (unpaired) electrons. The summed E-state index contributed by atoms with van der Waals surface area (Å²) in [6.45, 7) is 14.0. The molecule has 0 fully saturated rings. The van der Waals surface area contributed by atoms with Crippen LogP contribution in [0.2, 0.25) is 0 Å². The topological polar surface area (TPSA) is 55.4 Å². The van der Waals surface area contributed by atoms with Gasteiger partial charge in [-0.05, 0) is 62.6 Å². The summed E-state index contributed by atoms with van der Waals surface area (Å²) in [4.78, 5) is 0. The van der Waals surface area contributed by atoms with Gasteiger partial charge in [0, 0.05) is 21.7 Å². The van der Waals surface area contributed by atoms with Gasteiger partial charge in [-0.15, -0.1) is 0 Å². The van der Waals surface area contributed by atoms with E-state index in [2.05, 4.69) is 77.9 Å². The number of rotatable bonds is 7. The Morgan fingerprint density at radius 3 is 1.07 bits per heavy atom. The summed E-state index contributed by atoms with van der Waals surface area (Å²) in [5, 5.41) is 2.27. The lowest BCUT2D eigenvalue weighted by atomic mass is 10.0. The molecule has 6 nitrogen and oxygen atoms in total. The summed E-state index contributed by atoms with van der Waals surface area (Å²) >= 11 is 0. The van der Waals surface area contributed by atoms with Crippen LogP contribution in [0.3, 0.4) is 0 Å². The van der Waals surface area contributed by atoms with Gasteiger partial charge in [0.05, 0.1) is 39.6 Å². The highest BCUT2D eigenvalue weighted by Crippen LogP contribution is 2.70. The number of benzene rings is 4. The van der Waals surface area contributed by atoms with Crippen molar-refractivity contribution in [2.24, 2.45) is 0 Å². The maximum absolute atomic E-state index is 7.12. The van der Waals surface area contributed by atoms with Crippen molar-refractivity contribution in [1.82, 2.24) is 0 Å². The van der Waals surface area contributed by atoms with E-state index in [4.69, 9.17) is 28.4 Å². The fourth-order valence-electron chi connectivity index (χ4n) is 6.79. The highest BCUT2D eigenvalue weighted by Gasteiger charge is 2.55. The predicted molar refractivity (Wildman–Crippen MR) is 191 cm³/mol. The van der Waals surface area contributed by atoms with Gasteiger partial charge < -0.3 is 28.4 Å². The normalized spacial score (nSPS) is 20.3. The molecular formula is C38H44O6P2. The van der Waals surface area contributed by atoms with E-state index in [1.165, 1.54) is 10.6 Å². The highest BCUT2D eigenvalue weighted by atomic mass is 31.1. The van der Waals surface area contributed by atoms with Crippen molar-refractivity contribution in [3.63, 3.8) is 0 Å². The first-order chi connectivity index (χ1) is 21.9. The van der Waals surface area contributed by atoms with Crippen LogP contribution in [-0.2, 0) is 0 Å². The molecule has 0 aromatic heterocycles. The van der Waals surface area contributed by atoms with Gasteiger partial charge in [-0.3, -0.25) is 0 Å². The Labute approximate surface area is 275 Å². The van der Waals surface area contributed by atoms with Gasteiger partial charge in [0.25, 0.3) is 0 Å². The Balaban J connectivity index is 1.54. The Morgan fingerprint density at radius 1 is 0.478 bits per heavy atom. The van der Waals surface area contributed by atoms with Crippen molar-refractivity contribution in [3.8, 4) is 56.8 Å². The first-order valence-corrected chi connectivity index (χ1v) is 18.4. The van der Waals surface area contributed by atoms with Crippen LogP contribution in [0.1, 0.15) is 41.5 Å². The molecule has 0 aliphatic carbocycles. The molecule has 0 bridgehead atoms. The zero-order chi connectivity index (χ0) is 33.0. The first kappa shape index (κ1) is 32.5. The van der Waals surface area contributed by atoms with Crippen LogP contribution >= 0.6 is 15.8 Å². The van der Waals surface area contributed by atoms with Crippen molar-refractivity contribution in [3.05, 3.63) is 72.8 Å². The van der Waals surface area contributed by atoms with E-state index in [0.29, 0.717) is 0 Å². The molecule has 0 amide bonds. The number of hydrogen-bond donors (Lipinski definition) is 0. The first-order valence-electron chi connectivity index (χ1n) is 15.5. The van der Waals surface area contributed by atoms with Gasteiger partial charge in [0.2, 0.25) is 0 Å². The Hall–Kier alpha value is -3.46. The summed E-state index contributed by atoms with van der Waals surface area (Å²) in [5.41, 5.74) is 4.07. The van der Waals surface area contributed by atoms with Gasteiger partial charge in [-0.1, -0.05) is 77.9 Å². The second kappa shape index (κ2) is 12.3. The molecule has 0 saturated heterocycles. The lowest BCUT2D eigenvalue weighted by Gasteiger charge is -2.40. The molecule has 4 aromatic carbocycles. The fourth-order valence-corrected chi connectivity index (χ4v) is 13.7. The number of hydrogen-bond acceptors (Lipinski definition) is 6. The van der Waals surface area contributed by atoms with Crippen molar-refractivity contribution in [2.45, 2.75) is 63.5 Å². The fraction of sp³-hybridized carbons (Fsp3) is 0.368. The Morgan fingerprint density at radius 2 is 0.783 bits per heavy atom. The largest absolute Gasteiger partial charge is 0.496 e. The third-order valence-electron chi connectivity index (χ3n) is 8.57. The quantitative estimate of drug-likeness (QED) is 0.185. The maximum Gasteiger partial charge on any atom is 0.162 e. The summed E-state index contributed by atoms with van der Waals surface area (Å²) in [6.07, 6.45) is 0. The molecule has 0 spiro atoms. The van der Waals surface area contributed by atoms with Crippen LogP contribution in [0.25, 0.3) is 22.3 Å². The molecule has 8 heteroatoms. The number of ether oxygens (including phenoxy) is 6. The van der Waals surface area contributed by atoms with E-state index in [1.807, 2.05) is 36.4 Å². The van der Waals surface area contributed by atoms with Gasteiger partial charge in [0.1, 0.15) is 34.5 Å². The molecule has 242 valence electrons. The van der Waals surface area contributed by atoms with Gasteiger partial charge in [0.15, 0.2) is 11.7 Å². The zero-order valence-electron chi connectivity index (χ0n) is 28.4. The minimum absolute atomic E-state index is 0.0949. The second-order valence-electron chi connectivity index (χ2n) is 13.5. The standard InChI is InChI=1S/C38H44O6P2/c1-37(2,3)45-33-23(31-25(39-7)17-13-18-26(31)40-8)15-11-21-29(33)43-35(45)36-44-30-22-12-16-24(34(30)46(36)38(4,5)6)32-27(41-9)19-14-20-28(32)42-10/h11-22,35-36H,1-10H3/t35?,36?,45-,46-/m1/s1. The van der Waals surface area contributed by atoms with Crippen molar-refractivity contribution < 1.29 is 28.4 Å². The second-order valence-corrected chi connectivity index (χ2v) is 19.6. The molecule has 2 aliphatic heterocycles. The average molecular weight is 659 g/mol. The molecule has 2 unspecified atom stereocenters. The smallest absolute Gasteiger partial charge is 0.162 e. The molecule has 4 aromatic rings. The van der Waals surface area contributed by atoms with E-state index in [-0.39, 0.29) is 22.0 Å². The lowest BCUT2D eigenvalue weighted by molar-refractivity contribution is 0.171. The molecular weight excluding hydrogens is 614 g/mol. The summed E-state index contributed by atoms with van der Waals surface area (Å²) in [7, 11) is 5.03. The molecule has 4 atom stereocenters. The van der Waals surface area contributed by atoms with E-state index >= 15 is 0 Å². The van der Waals surface area contributed by atoms with Crippen LogP contribution in [-0.4, -0.2) is 50.4 Å². The third kappa shape index (κ3) is 5.38. The minimum Gasteiger partial charge on any atom is -0.496 e. The van der Waals surface area contributed by atoms with Gasteiger partial charge in [-0.2, -0.15) is 0 Å². The lowest BCUT2D eigenvalue weighted by Crippen LogP contribution is -2.38. The summed E-state index contributed by atoms with van der Waals surface area (Å²) in [6, 6.07) is 24.6. The minimum atomic E-state index is -0.906. The number of fused-ring (bicyclic) bond motifs is 2. The van der Waals surface area contributed by atoms with E-state index in [0.717, 1.165) is 56.8 Å². The van der Waals surface area contributed by atoms with Crippen molar-refractivity contribution in [2.75, 3.05) is 28.4 Å². The van der Waals surface area contributed by atoms with Gasteiger partial charge in [-0.25, -0.2) is 0 Å². The van der Waals surface area contributed by atoms with Crippen LogP contribution in [0.5, 0.6) is 34.5 Å². The van der Waals surface area contributed by atoms with E-state index in [9.17, 15) is 0 Å². The molecule has 0 N–H and O–H groups in total. The van der Waals surface area contributed by atoms with Gasteiger partial charge >= 0.3 is 0 Å². The predicted octanol–water partition coefficient (Wildman–Crippen LogP) is 9.00. The van der Waals surface area contributed by atoms with Crippen molar-refractivity contribution in [1.29, 1.82) is 0 Å². The molecule has 0 saturated carbocycles. The SMILES string of the molecule is COc1cccc(OC)c1-c1cccc2c1[P@@](C(C)(C)C)C(C1Oc3cccc(-c4c(OC)cccc4OC)c3[P@@]1C(C)(C)C)O2. The monoisotopic (exact) mass is 658 g/mol. The van der Waals surface area contributed by atoms with E-state index < -0.39 is 15.8 Å². The zero-order valence-corrected chi connectivity index (χ0v) is 30.2. The average Bonchev–Trinajstić information content (AvgIpc) is 3.63. The molecule has 2 aliphatic rings. The maximum atomic E-state index is 7.12. The van der Waals surface area contributed by atoms with E-state index in [1.54, 1.807) is 28.4 Å². The van der Waals surface area contributed by atoms with Crippen LogP contribution in [0.4, 0.5) is 0 Å².